The zero-order chi connectivity index (χ0) is 51.8. The number of rotatable bonds is 12. The van der Waals surface area contributed by atoms with Gasteiger partial charge in [0.2, 0.25) is 0 Å². The molecule has 3 nitrogen and oxygen atoms in total. The number of para-hydroxylation sites is 1. The summed E-state index contributed by atoms with van der Waals surface area (Å²) in [5.41, 5.74) is 23.3. The molecule has 1 aromatic heterocycles. The van der Waals surface area contributed by atoms with Crippen LogP contribution in [0, 0.1) is 12.8 Å². The minimum absolute atomic E-state index is 0.207. The molecule has 76 heavy (non-hydrogen) atoms. The monoisotopic (exact) mass is 1040 g/mol. The molecule has 1 aliphatic carbocycles. The van der Waals surface area contributed by atoms with E-state index >= 15 is 0 Å². The number of fused-ring (bicyclic) bond motifs is 1. The van der Waals surface area contributed by atoms with Crippen molar-refractivity contribution in [2.75, 3.05) is 0 Å². The summed E-state index contributed by atoms with van der Waals surface area (Å²) in [4.78, 5) is 0. The van der Waals surface area contributed by atoms with E-state index in [4.69, 9.17) is 0 Å². The van der Waals surface area contributed by atoms with Gasteiger partial charge >= 0.3 is 0 Å². The highest BCUT2D eigenvalue weighted by Crippen LogP contribution is 2.46. The molecular formula is C72H58BrN3. The molecule has 0 N–H and O–H groups in total. The number of hydrogen-bond acceptors (Lipinski definition) is 2. The first-order valence-electron chi connectivity index (χ1n) is 26.3. The second-order valence-corrected chi connectivity index (χ2v) is 22.0. The molecule has 0 saturated carbocycles. The molecule has 11 aromatic rings. The molecule has 1 heterocycles. The van der Waals surface area contributed by atoms with Crippen molar-refractivity contribution in [3.8, 4) is 61.3 Å². The van der Waals surface area contributed by atoms with Crippen LogP contribution in [-0.2, 0) is 10.8 Å². The molecule has 2 unspecified atom stereocenters. The van der Waals surface area contributed by atoms with E-state index < -0.39 is 0 Å². The van der Waals surface area contributed by atoms with Crippen LogP contribution in [0.3, 0.4) is 0 Å². The van der Waals surface area contributed by atoms with Crippen LogP contribution in [0.4, 0.5) is 0 Å². The number of halogens is 1. The van der Waals surface area contributed by atoms with E-state index in [1.165, 1.54) is 83.5 Å². The molecule has 0 spiro atoms. The van der Waals surface area contributed by atoms with Crippen LogP contribution in [-0.4, -0.2) is 15.0 Å². The highest BCUT2D eigenvalue weighted by atomic mass is 79.9. The lowest BCUT2D eigenvalue weighted by Crippen LogP contribution is -2.33. The molecule has 10 aromatic carbocycles. The standard InChI is InChI=1S/C72H58BrN3/c1-49-10-7-11-59(46-49)56-24-18-51(19-25-56)54-32-38-64(39-33-54)72(4,65-40-34-55(35-41-65)52-22-28-58(29-23-52)61-13-9-15-68(48-61)76-70-17-6-5-16-69(70)74-75-76)66-44-42-63(43-45-66)71(2,3)62-36-30-53(31-37-62)50-20-26-57(27-21-50)60-12-8-14-67(73)47-60/h5-38,40-48,64H,39H2,1-4H3. The average Bonchev–Trinajstić information content (AvgIpc) is 3.92. The van der Waals surface area contributed by atoms with Crippen molar-refractivity contribution in [2.24, 2.45) is 5.92 Å². The van der Waals surface area contributed by atoms with Gasteiger partial charge in [0.15, 0.2) is 0 Å². The van der Waals surface area contributed by atoms with Crippen LogP contribution in [0.2, 0.25) is 0 Å². The number of aryl methyl sites for hydroxylation is 1. The van der Waals surface area contributed by atoms with Crippen LogP contribution < -0.4 is 0 Å². The molecule has 1 aliphatic rings. The van der Waals surface area contributed by atoms with Gasteiger partial charge in [0, 0.05) is 15.3 Å². The summed E-state index contributed by atoms with van der Waals surface area (Å²) in [5, 5.41) is 8.84. The highest BCUT2D eigenvalue weighted by molar-refractivity contribution is 9.10. The third-order valence-corrected chi connectivity index (χ3v) is 16.6. The molecule has 12 rings (SSSR count). The fourth-order valence-electron chi connectivity index (χ4n) is 11.3. The fraction of sp³-hybridized carbons (Fsp3) is 0.111. The molecule has 0 radical (unpaired) electrons. The molecule has 0 bridgehead atoms. The van der Waals surface area contributed by atoms with Gasteiger partial charge in [0.25, 0.3) is 0 Å². The van der Waals surface area contributed by atoms with Crippen molar-refractivity contribution in [3.05, 3.63) is 299 Å². The van der Waals surface area contributed by atoms with Crippen molar-refractivity contribution in [2.45, 2.75) is 44.9 Å². The Morgan fingerprint density at radius 1 is 0.434 bits per heavy atom. The number of benzene rings is 10. The van der Waals surface area contributed by atoms with Crippen LogP contribution in [0.5, 0.6) is 0 Å². The molecule has 0 saturated heterocycles. The Hall–Kier alpha value is -8.44. The van der Waals surface area contributed by atoms with E-state index in [2.05, 4.69) is 297 Å². The Bertz CT molecular complexity index is 3920. The maximum Gasteiger partial charge on any atom is 0.113 e. The summed E-state index contributed by atoms with van der Waals surface area (Å²) in [5.74, 6) is 0.231. The Morgan fingerprint density at radius 3 is 1.42 bits per heavy atom. The van der Waals surface area contributed by atoms with Gasteiger partial charge in [-0.05, 0) is 145 Å². The molecule has 2 atom stereocenters. The quantitative estimate of drug-likeness (QED) is 0.122. The van der Waals surface area contributed by atoms with Crippen LogP contribution in [0.15, 0.2) is 265 Å². The van der Waals surface area contributed by atoms with Gasteiger partial charge in [-0.1, -0.05) is 272 Å². The SMILES string of the molecule is Cc1cccc(-c2ccc(C3=CCC(C(C)(c4ccc(-c5ccc(-c6cccc(-n7nnc8ccccc87)c6)cc5)cc4)c4ccc(C(C)(C)c5ccc(-c6ccc(-c7cccc(Br)c7)cc6)cc5)cc4)C=C3)cc2)c1. The second-order valence-electron chi connectivity index (χ2n) is 21.1. The molecule has 4 heteroatoms. The largest absolute Gasteiger partial charge is 0.213 e. The van der Waals surface area contributed by atoms with Gasteiger partial charge in [0.05, 0.1) is 11.2 Å². The van der Waals surface area contributed by atoms with Crippen LogP contribution in [0.25, 0.3) is 77.9 Å². The number of allylic oxidation sites excluding steroid dienone is 4. The van der Waals surface area contributed by atoms with E-state index in [-0.39, 0.29) is 16.7 Å². The third-order valence-electron chi connectivity index (χ3n) is 16.1. The maximum atomic E-state index is 4.46. The van der Waals surface area contributed by atoms with E-state index in [1.54, 1.807) is 0 Å². The molecule has 0 aliphatic heterocycles. The smallest absolute Gasteiger partial charge is 0.113 e. The summed E-state index contributed by atoms with van der Waals surface area (Å²) in [6.07, 6.45) is 8.18. The Morgan fingerprint density at radius 2 is 0.882 bits per heavy atom. The normalized spacial score (nSPS) is 14.3. The minimum atomic E-state index is -0.312. The Balaban J connectivity index is 0.814. The predicted octanol–water partition coefficient (Wildman–Crippen LogP) is 19.1. The molecular weight excluding hydrogens is 987 g/mol. The summed E-state index contributed by atoms with van der Waals surface area (Å²) < 4.78 is 3.00. The topological polar surface area (TPSA) is 30.7 Å². The zero-order valence-corrected chi connectivity index (χ0v) is 44.9. The number of hydrogen-bond donors (Lipinski definition) is 0. The lowest BCUT2D eigenvalue weighted by atomic mass is 9.64. The van der Waals surface area contributed by atoms with Gasteiger partial charge in [-0.3, -0.25) is 0 Å². The number of nitrogens with zero attached hydrogens (tertiary/aromatic N) is 3. The van der Waals surface area contributed by atoms with Gasteiger partial charge in [-0.2, -0.15) is 0 Å². The lowest BCUT2D eigenvalue weighted by molar-refractivity contribution is 0.416. The zero-order valence-electron chi connectivity index (χ0n) is 43.3. The van der Waals surface area contributed by atoms with Crippen molar-refractivity contribution < 1.29 is 0 Å². The average molecular weight is 1050 g/mol. The van der Waals surface area contributed by atoms with E-state index in [0.29, 0.717) is 0 Å². The van der Waals surface area contributed by atoms with Gasteiger partial charge in [0.1, 0.15) is 5.52 Å². The molecule has 0 amide bonds. The van der Waals surface area contributed by atoms with Crippen molar-refractivity contribution in [1.29, 1.82) is 0 Å². The Kier molecular flexibility index (Phi) is 13.0. The van der Waals surface area contributed by atoms with E-state index in [0.717, 1.165) is 38.7 Å². The summed E-state index contributed by atoms with van der Waals surface area (Å²) in [7, 11) is 0. The first-order valence-corrected chi connectivity index (χ1v) is 27.1. The molecule has 368 valence electrons. The van der Waals surface area contributed by atoms with Gasteiger partial charge < -0.3 is 0 Å². The summed E-state index contributed by atoms with van der Waals surface area (Å²) >= 11 is 3.62. The van der Waals surface area contributed by atoms with Crippen LogP contribution >= 0.6 is 15.9 Å². The summed E-state index contributed by atoms with van der Waals surface area (Å²) in [6.45, 7) is 9.28. The molecule has 0 fully saturated rings. The van der Waals surface area contributed by atoms with Crippen molar-refractivity contribution in [3.63, 3.8) is 0 Å². The van der Waals surface area contributed by atoms with E-state index in [1.807, 2.05) is 22.9 Å². The van der Waals surface area contributed by atoms with Crippen LogP contribution in [0.1, 0.15) is 60.6 Å². The van der Waals surface area contributed by atoms with Gasteiger partial charge in [-0.15, -0.1) is 5.10 Å². The first-order chi connectivity index (χ1) is 37.1. The lowest BCUT2D eigenvalue weighted by Gasteiger charge is -2.39. The summed E-state index contributed by atoms with van der Waals surface area (Å²) in [6, 6.07) is 88.6. The Labute approximate surface area is 455 Å². The maximum absolute atomic E-state index is 4.46. The highest BCUT2D eigenvalue weighted by Gasteiger charge is 2.37. The van der Waals surface area contributed by atoms with Gasteiger partial charge in [-0.25, -0.2) is 4.68 Å². The second kappa shape index (κ2) is 20.4. The predicted molar refractivity (Wildman–Crippen MR) is 322 cm³/mol. The van der Waals surface area contributed by atoms with Crippen molar-refractivity contribution >= 4 is 32.5 Å². The van der Waals surface area contributed by atoms with Crippen molar-refractivity contribution in [1.82, 2.24) is 15.0 Å². The third kappa shape index (κ3) is 9.50. The van der Waals surface area contributed by atoms with E-state index in [9.17, 15) is 0 Å². The first kappa shape index (κ1) is 48.5. The minimum Gasteiger partial charge on any atom is -0.213 e. The number of aromatic nitrogens is 3. The fourth-order valence-corrected chi connectivity index (χ4v) is 11.7.